The number of nitrogens with zero attached hydrogens (tertiary/aromatic N) is 1. The van der Waals surface area contributed by atoms with Crippen LogP contribution in [0.4, 0.5) is 0 Å². The average Bonchev–Trinajstić information content (AvgIpc) is 2.59. The molecule has 17 heavy (non-hydrogen) atoms. The van der Waals surface area contributed by atoms with Crippen LogP contribution in [-0.2, 0) is 10.0 Å². The first-order chi connectivity index (χ1) is 7.99. The fraction of sp³-hybridized carbons (Fsp3) is 1.00. The van der Waals surface area contributed by atoms with Crippen LogP contribution in [0.25, 0.3) is 0 Å². The van der Waals surface area contributed by atoms with Crippen LogP contribution in [-0.4, -0.2) is 42.3 Å². The molecule has 0 radical (unpaired) electrons. The van der Waals surface area contributed by atoms with Crippen LogP contribution in [0, 0.1) is 5.92 Å². The topological polar surface area (TPSA) is 57.6 Å². The van der Waals surface area contributed by atoms with E-state index in [1.165, 1.54) is 6.42 Å². The third-order valence-electron chi connectivity index (χ3n) is 3.96. The van der Waals surface area contributed by atoms with Crippen molar-refractivity contribution in [2.24, 2.45) is 5.92 Å². The molecule has 4 nitrogen and oxygen atoms in total. The van der Waals surface area contributed by atoms with E-state index in [1.54, 1.807) is 11.2 Å². The second-order valence-corrected chi connectivity index (χ2v) is 7.53. The normalized spacial score (nSPS) is 29.2. The van der Waals surface area contributed by atoms with Gasteiger partial charge in [-0.1, -0.05) is 6.42 Å². The van der Waals surface area contributed by atoms with Gasteiger partial charge in [-0.15, -0.1) is 0 Å². The molecule has 1 N–H and O–H groups in total. The minimum absolute atomic E-state index is 0.0278. The Bertz CT molecular complexity index is 349. The molecule has 1 heterocycles. The van der Waals surface area contributed by atoms with Crippen molar-refractivity contribution in [3.8, 4) is 0 Å². The van der Waals surface area contributed by atoms with E-state index in [-0.39, 0.29) is 6.04 Å². The smallest absolute Gasteiger partial charge is 0.214 e. The SMILES string of the molecule is CC(O)CC1CCCN1S(=O)(=O)CC1CCC1. The predicted molar refractivity (Wildman–Crippen MR) is 67.2 cm³/mol. The van der Waals surface area contributed by atoms with Crippen LogP contribution in [0.3, 0.4) is 0 Å². The van der Waals surface area contributed by atoms with Crippen molar-refractivity contribution >= 4 is 10.0 Å². The van der Waals surface area contributed by atoms with Crippen LogP contribution >= 0.6 is 0 Å². The molecule has 2 rings (SSSR count). The van der Waals surface area contributed by atoms with Gasteiger partial charge >= 0.3 is 0 Å². The molecule has 100 valence electrons. The number of hydrogen-bond donors (Lipinski definition) is 1. The molecule has 5 heteroatoms. The summed E-state index contributed by atoms with van der Waals surface area (Å²) < 4.78 is 26.2. The van der Waals surface area contributed by atoms with Gasteiger partial charge in [-0.3, -0.25) is 0 Å². The largest absolute Gasteiger partial charge is 0.393 e. The van der Waals surface area contributed by atoms with Crippen molar-refractivity contribution in [3.05, 3.63) is 0 Å². The van der Waals surface area contributed by atoms with Gasteiger partial charge in [-0.2, -0.15) is 4.31 Å². The third kappa shape index (κ3) is 3.20. The summed E-state index contributed by atoms with van der Waals surface area (Å²) in [6.07, 6.45) is 5.29. The summed E-state index contributed by atoms with van der Waals surface area (Å²) in [6.45, 7) is 2.38. The molecular formula is C12H23NO3S. The average molecular weight is 261 g/mol. The highest BCUT2D eigenvalue weighted by atomic mass is 32.2. The second kappa shape index (κ2) is 5.24. The summed E-state index contributed by atoms with van der Waals surface area (Å²) in [5.74, 6) is 0.705. The van der Waals surface area contributed by atoms with Crippen molar-refractivity contribution in [1.29, 1.82) is 0 Å². The van der Waals surface area contributed by atoms with E-state index in [0.29, 0.717) is 24.6 Å². The summed E-state index contributed by atoms with van der Waals surface area (Å²) in [4.78, 5) is 0. The van der Waals surface area contributed by atoms with Crippen molar-refractivity contribution in [2.45, 2.75) is 57.6 Å². The maximum absolute atomic E-state index is 12.3. The van der Waals surface area contributed by atoms with Gasteiger partial charge in [0, 0.05) is 12.6 Å². The molecule has 2 aliphatic rings. The lowest BCUT2D eigenvalue weighted by Gasteiger charge is -2.30. The molecular weight excluding hydrogens is 238 g/mol. The Balaban J connectivity index is 1.98. The van der Waals surface area contributed by atoms with Gasteiger partial charge in [0.05, 0.1) is 11.9 Å². The quantitative estimate of drug-likeness (QED) is 0.813. The van der Waals surface area contributed by atoms with Crippen LogP contribution in [0.1, 0.15) is 45.4 Å². The molecule has 1 saturated heterocycles. The van der Waals surface area contributed by atoms with Crippen LogP contribution in [0.5, 0.6) is 0 Å². The van der Waals surface area contributed by atoms with E-state index in [4.69, 9.17) is 0 Å². The van der Waals surface area contributed by atoms with Gasteiger partial charge in [0.25, 0.3) is 0 Å². The standard InChI is InChI=1S/C12H23NO3S/c1-10(14)8-12-6-3-7-13(12)17(15,16)9-11-4-2-5-11/h10-12,14H,2-9H2,1H3. The molecule has 2 atom stereocenters. The summed E-state index contributed by atoms with van der Waals surface area (Å²) in [7, 11) is -3.09. The Labute approximate surface area is 104 Å². The van der Waals surface area contributed by atoms with Crippen LogP contribution in [0.15, 0.2) is 0 Å². The van der Waals surface area contributed by atoms with Crippen LogP contribution < -0.4 is 0 Å². The van der Waals surface area contributed by atoms with E-state index >= 15 is 0 Å². The highest BCUT2D eigenvalue weighted by molar-refractivity contribution is 7.89. The molecule has 0 bridgehead atoms. The molecule has 0 aromatic rings. The summed E-state index contributed by atoms with van der Waals surface area (Å²) >= 11 is 0. The second-order valence-electron chi connectivity index (χ2n) is 5.57. The predicted octanol–water partition coefficient (Wildman–Crippen LogP) is 1.35. The fourth-order valence-electron chi connectivity index (χ4n) is 2.86. The van der Waals surface area contributed by atoms with Gasteiger partial charge in [0.15, 0.2) is 0 Å². The maximum atomic E-state index is 12.3. The first kappa shape index (κ1) is 13.3. The van der Waals surface area contributed by atoms with Gasteiger partial charge in [-0.25, -0.2) is 8.42 Å². The highest BCUT2D eigenvalue weighted by Gasteiger charge is 2.36. The molecule has 0 amide bonds. The Morgan fingerprint density at radius 2 is 2.00 bits per heavy atom. The van der Waals surface area contributed by atoms with Gasteiger partial charge in [0.2, 0.25) is 10.0 Å². The van der Waals surface area contributed by atoms with Crippen molar-refractivity contribution in [1.82, 2.24) is 4.31 Å². The maximum Gasteiger partial charge on any atom is 0.214 e. The number of hydrogen-bond acceptors (Lipinski definition) is 3. The van der Waals surface area contributed by atoms with Crippen molar-refractivity contribution in [3.63, 3.8) is 0 Å². The monoisotopic (exact) mass is 261 g/mol. The summed E-state index contributed by atoms with van der Waals surface area (Å²) in [6, 6.07) is 0.0278. The molecule has 0 aromatic heterocycles. The first-order valence-corrected chi connectivity index (χ1v) is 8.27. The van der Waals surface area contributed by atoms with Gasteiger partial charge < -0.3 is 5.11 Å². The minimum atomic E-state index is -3.09. The molecule has 1 saturated carbocycles. The molecule has 1 aliphatic heterocycles. The van der Waals surface area contributed by atoms with Crippen molar-refractivity contribution < 1.29 is 13.5 Å². The van der Waals surface area contributed by atoms with E-state index in [1.807, 2.05) is 0 Å². The zero-order valence-electron chi connectivity index (χ0n) is 10.5. The lowest BCUT2D eigenvalue weighted by atomic mass is 9.87. The number of rotatable bonds is 5. The highest BCUT2D eigenvalue weighted by Crippen LogP contribution is 2.31. The molecule has 1 aliphatic carbocycles. The lowest BCUT2D eigenvalue weighted by molar-refractivity contribution is 0.157. The molecule has 2 fully saturated rings. The molecule has 0 spiro atoms. The van der Waals surface area contributed by atoms with E-state index in [2.05, 4.69) is 0 Å². The van der Waals surface area contributed by atoms with E-state index in [0.717, 1.165) is 25.7 Å². The number of sulfonamides is 1. The van der Waals surface area contributed by atoms with Crippen molar-refractivity contribution in [2.75, 3.05) is 12.3 Å². The zero-order valence-corrected chi connectivity index (χ0v) is 11.3. The first-order valence-electron chi connectivity index (χ1n) is 6.66. The summed E-state index contributed by atoms with van der Waals surface area (Å²) in [5.41, 5.74) is 0. The Hall–Kier alpha value is -0.130. The number of aliphatic hydroxyl groups is 1. The van der Waals surface area contributed by atoms with Gasteiger partial charge in [0.1, 0.15) is 0 Å². The Morgan fingerprint density at radius 3 is 2.53 bits per heavy atom. The zero-order chi connectivity index (χ0) is 12.5. The Morgan fingerprint density at radius 1 is 1.29 bits per heavy atom. The lowest BCUT2D eigenvalue weighted by Crippen LogP contribution is -2.40. The van der Waals surface area contributed by atoms with E-state index < -0.39 is 16.1 Å². The third-order valence-corrected chi connectivity index (χ3v) is 6.05. The number of aliphatic hydroxyl groups excluding tert-OH is 1. The van der Waals surface area contributed by atoms with E-state index in [9.17, 15) is 13.5 Å². The minimum Gasteiger partial charge on any atom is -0.393 e. The summed E-state index contributed by atoms with van der Waals surface area (Å²) in [5, 5.41) is 9.41. The fourth-order valence-corrected chi connectivity index (χ4v) is 5.03. The molecule has 2 unspecified atom stereocenters. The van der Waals surface area contributed by atoms with Crippen LogP contribution in [0.2, 0.25) is 0 Å². The molecule has 0 aromatic carbocycles. The van der Waals surface area contributed by atoms with Gasteiger partial charge in [-0.05, 0) is 44.9 Å². The Kier molecular flexibility index (Phi) is 4.10.